The Kier molecular flexibility index (Phi) is 3.49. The summed E-state index contributed by atoms with van der Waals surface area (Å²) in [5, 5.41) is 9.27. The number of carbonyl (C=O) groups is 1. The van der Waals surface area contributed by atoms with Crippen molar-refractivity contribution >= 4 is 11.8 Å². The molecular formula is C12H15NO4. The van der Waals surface area contributed by atoms with Crippen molar-refractivity contribution in [3.63, 3.8) is 0 Å². The number of nitrogens with zero attached hydrogens (tertiary/aromatic N) is 1. The van der Waals surface area contributed by atoms with Gasteiger partial charge in [-0.15, -0.1) is 0 Å². The molecule has 0 bridgehead atoms. The van der Waals surface area contributed by atoms with E-state index in [1.807, 2.05) is 12.1 Å². The van der Waals surface area contributed by atoms with Gasteiger partial charge in [-0.25, -0.2) is 4.79 Å². The maximum absolute atomic E-state index is 11.9. The Morgan fingerprint density at radius 2 is 2.35 bits per heavy atom. The Hall–Kier alpha value is -1.75. The van der Waals surface area contributed by atoms with Crippen molar-refractivity contribution in [3.05, 3.63) is 24.3 Å². The van der Waals surface area contributed by atoms with E-state index in [2.05, 4.69) is 0 Å². The third-order valence-corrected chi connectivity index (χ3v) is 2.60. The third-order valence-electron chi connectivity index (χ3n) is 2.60. The van der Waals surface area contributed by atoms with Crippen molar-refractivity contribution in [2.75, 3.05) is 24.7 Å². The van der Waals surface area contributed by atoms with Crippen LogP contribution in [-0.4, -0.2) is 37.1 Å². The van der Waals surface area contributed by atoms with E-state index in [-0.39, 0.29) is 13.2 Å². The summed E-state index contributed by atoms with van der Waals surface area (Å²) >= 11 is 0. The molecule has 5 heteroatoms. The highest BCUT2D eigenvalue weighted by Crippen LogP contribution is 2.33. The average Bonchev–Trinajstić information content (AvgIpc) is 2.37. The number of carbonyl (C=O) groups excluding carboxylic acids is 1. The second-order valence-corrected chi connectivity index (χ2v) is 3.68. The van der Waals surface area contributed by atoms with Crippen molar-refractivity contribution in [3.8, 4) is 5.75 Å². The molecule has 1 aromatic carbocycles. The van der Waals surface area contributed by atoms with Crippen LogP contribution in [0.3, 0.4) is 0 Å². The molecule has 1 heterocycles. The summed E-state index contributed by atoms with van der Waals surface area (Å²) < 4.78 is 10.5. The van der Waals surface area contributed by atoms with Crippen LogP contribution in [-0.2, 0) is 4.74 Å². The fraction of sp³-hybridized carbons (Fsp3) is 0.417. The highest BCUT2D eigenvalue weighted by molar-refractivity contribution is 5.91. The molecule has 1 N–H and O–H groups in total. The predicted octanol–water partition coefficient (Wildman–Crippen LogP) is 1.40. The largest absolute Gasteiger partial charge is 0.489 e. The molecule has 0 fully saturated rings. The minimum Gasteiger partial charge on any atom is -0.489 e. The molecule has 17 heavy (non-hydrogen) atoms. The van der Waals surface area contributed by atoms with Crippen LogP contribution in [0.2, 0.25) is 0 Å². The first-order valence-corrected chi connectivity index (χ1v) is 5.56. The van der Waals surface area contributed by atoms with Gasteiger partial charge in [-0.3, -0.25) is 4.90 Å². The Bertz CT molecular complexity index is 407. The van der Waals surface area contributed by atoms with Gasteiger partial charge in [-0.1, -0.05) is 12.1 Å². The number of fused-ring (bicyclic) bond motifs is 1. The number of amides is 1. The zero-order valence-corrected chi connectivity index (χ0v) is 9.63. The summed E-state index contributed by atoms with van der Waals surface area (Å²) in [4.78, 5) is 13.3. The maximum Gasteiger partial charge on any atom is 0.414 e. The van der Waals surface area contributed by atoms with Crippen LogP contribution in [0.15, 0.2) is 24.3 Å². The van der Waals surface area contributed by atoms with Crippen molar-refractivity contribution in [2.24, 2.45) is 0 Å². The molecule has 0 radical (unpaired) electrons. The number of aliphatic hydroxyl groups is 1. The lowest BCUT2D eigenvalue weighted by molar-refractivity contribution is 0.138. The molecule has 0 saturated heterocycles. The van der Waals surface area contributed by atoms with Gasteiger partial charge >= 0.3 is 6.09 Å². The monoisotopic (exact) mass is 237 g/mol. The van der Waals surface area contributed by atoms with Gasteiger partial charge in [0.1, 0.15) is 12.4 Å². The first-order chi connectivity index (χ1) is 8.27. The molecule has 0 aliphatic carbocycles. The van der Waals surface area contributed by atoms with Crippen molar-refractivity contribution < 1.29 is 19.4 Å². The first kappa shape index (κ1) is 11.7. The van der Waals surface area contributed by atoms with E-state index in [1.165, 1.54) is 4.90 Å². The SMILES string of the molecule is CCOC(=O)N1c2ccccc2OCC1CO. The normalized spacial score (nSPS) is 18.2. The van der Waals surface area contributed by atoms with Gasteiger partial charge in [0.15, 0.2) is 0 Å². The molecule has 1 atom stereocenters. The van der Waals surface area contributed by atoms with Crippen molar-refractivity contribution in [1.82, 2.24) is 0 Å². The fourth-order valence-corrected chi connectivity index (χ4v) is 1.81. The van der Waals surface area contributed by atoms with E-state index in [9.17, 15) is 9.90 Å². The van der Waals surface area contributed by atoms with Crippen LogP contribution in [0, 0.1) is 0 Å². The minimum absolute atomic E-state index is 0.160. The van der Waals surface area contributed by atoms with Gasteiger partial charge in [0.25, 0.3) is 0 Å². The lowest BCUT2D eigenvalue weighted by atomic mass is 10.2. The molecule has 2 rings (SSSR count). The highest BCUT2D eigenvalue weighted by Gasteiger charge is 2.32. The molecule has 5 nitrogen and oxygen atoms in total. The quantitative estimate of drug-likeness (QED) is 0.844. The Morgan fingerprint density at radius 1 is 1.59 bits per heavy atom. The number of anilines is 1. The van der Waals surface area contributed by atoms with Crippen LogP contribution < -0.4 is 9.64 Å². The van der Waals surface area contributed by atoms with Crippen LogP contribution in [0.5, 0.6) is 5.75 Å². The van der Waals surface area contributed by atoms with Crippen molar-refractivity contribution in [1.29, 1.82) is 0 Å². The second-order valence-electron chi connectivity index (χ2n) is 3.68. The van der Waals surface area contributed by atoms with Gasteiger partial charge in [-0.05, 0) is 19.1 Å². The molecule has 1 aromatic rings. The Balaban J connectivity index is 2.34. The lowest BCUT2D eigenvalue weighted by Crippen LogP contribution is -2.49. The summed E-state index contributed by atoms with van der Waals surface area (Å²) in [5.41, 5.74) is 0.635. The van der Waals surface area contributed by atoms with E-state index < -0.39 is 12.1 Å². The van der Waals surface area contributed by atoms with Crippen molar-refractivity contribution in [2.45, 2.75) is 13.0 Å². The van der Waals surface area contributed by atoms with Gasteiger partial charge in [0.05, 0.1) is 24.9 Å². The van der Waals surface area contributed by atoms with Gasteiger partial charge in [0, 0.05) is 0 Å². The van der Waals surface area contributed by atoms with E-state index in [0.717, 1.165) is 0 Å². The van der Waals surface area contributed by atoms with Crippen LogP contribution in [0.25, 0.3) is 0 Å². The van der Waals surface area contributed by atoms with Gasteiger partial charge in [-0.2, -0.15) is 0 Å². The van der Waals surface area contributed by atoms with Crippen LogP contribution in [0.4, 0.5) is 10.5 Å². The number of hydrogen-bond donors (Lipinski definition) is 1. The molecule has 1 amide bonds. The molecule has 92 valence electrons. The maximum atomic E-state index is 11.9. The van der Waals surface area contributed by atoms with E-state index in [4.69, 9.17) is 9.47 Å². The van der Waals surface area contributed by atoms with Gasteiger partial charge in [0.2, 0.25) is 0 Å². The van der Waals surface area contributed by atoms with E-state index in [0.29, 0.717) is 18.0 Å². The molecule has 1 aliphatic heterocycles. The minimum atomic E-state index is -0.456. The lowest BCUT2D eigenvalue weighted by Gasteiger charge is -2.34. The zero-order chi connectivity index (χ0) is 12.3. The first-order valence-electron chi connectivity index (χ1n) is 5.56. The molecule has 1 unspecified atom stereocenters. The second kappa shape index (κ2) is 5.05. The van der Waals surface area contributed by atoms with Crippen LogP contribution >= 0.6 is 0 Å². The molecular weight excluding hydrogens is 222 g/mol. The van der Waals surface area contributed by atoms with E-state index in [1.54, 1.807) is 19.1 Å². The Morgan fingerprint density at radius 3 is 3.06 bits per heavy atom. The number of aliphatic hydroxyl groups excluding tert-OH is 1. The molecule has 0 saturated carbocycles. The number of ether oxygens (including phenoxy) is 2. The fourth-order valence-electron chi connectivity index (χ4n) is 1.81. The topological polar surface area (TPSA) is 59.0 Å². The van der Waals surface area contributed by atoms with Gasteiger partial charge < -0.3 is 14.6 Å². The Labute approximate surface area is 99.6 Å². The number of benzene rings is 1. The average molecular weight is 237 g/mol. The third kappa shape index (κ3) is 2.19. The standard InChI is InChI=1S/C12H15NO4/c1-2-16-12(15)13-9(7-14)8-17-11-6-4-3-5-10(11)13/h3-6,9,14H,2,7-8H2,1H3. The summed E-state index contributed by atoms with van der Waals surface area (Å²) in [7, 11) is 0. The molecule has 0 spiro atoms. The predicted molar refractivity (Wildman–Crippen MR) is 62.3 cm³/mol. The summed E-state index contributed by atoms with van der Waals surface area (Å²) in [6.45, 7) is 2.16. The summed E-state index contributed by atoms with van der Waals surface area (Å²) in [6, 6.07) is 6.81. The number of hydrogen-bond acceptors (Lipinski definition) is 4. The number of para-hydroxylation sites is 2. The summed E-state index contributed by atoms with van der Waals surface area (Å²) in [6.07, 6.45) is -0.456. The summed E-state index contributed by atoms with van der Waals surface area (Å²) in [5.74, 6) is 0.630. The van der Waals surface area contributed by atoms with Crippen LogP contribution in [0.1, 0.15) is 6.92 Å². The number of rotatable bonds is 2. The molecule has 1 aliphatic rings. The molecule has 0 aromatic heterocycles. The zero-order valence-electron chi connectivity index (χ0n) is 9.63. The van der Waals surface area contributed by atoms with E-state index >= 15 is 0 Å². The smallest absolute Gasteiger partial charge is 0.414 e. The highest BCUT2D eigenvalue weighted by atomic mass is 16.6.